The van der Waals surface area contributed by atoms with Crippen LogP contribution >= 0.6 is 11.6 Å². The van der Waals surface area contributed by atoms with Crippen LogP contribution in [0.4, 0.5) is 0 Å². The van der Waals surface area contributed by atoms with Crippen molar-refractivity contribution < 1.29 is 22.0 Å². The summed E-state index contributed by atoms with van der Waals surface area (Å²) in [5.41, 5.74) is 1.06. The number of aryl methyl sites for hydroxylation is 1. The minimum absolute atomic E-state index is 0.0759. The third kappa shape index (κ3) is 3.59. The highest BCUT2D eigenvalue weighted by Gasteiger charge is 2.43. The SMILES string of the molecule is CCc1cc(C2(S(=O)O)CCCCC2)c(S(C)(=O)=O)cc1C(=O)Cl. The van der Waals surface area contributed by atoms with Gasteiger partial charge < -0.3 is 4.55 Å². The Labute approximate surface area is 150 Å². The maximum absolute atomic E-state index is 12.3. The maximum Gasteiger partial charge on any atom is 0.252 e. The fourth-order valence-corrected chi connectivity index (χ4v) is 5.65. The molecular weight excluding hydrogens is 372 g/mol. The number of sulfone groups is 1. The van der Waals surface area contributed by atoms with Gasteiger partial charge in [-0.05, 0) is 48.1 Å². The van der Waals surface area contributed by atoms with Gasteiger partial charge in [-0.15, -0.1) is 0 Å². The van der Waals surface area contributed by atoms with Gasteiger partial charge in [-0.25, -0.2) is 12.6 Å². The van der Waals surface area contributed by atoms with E-state index in [4.69, 9.17) is 11.6 Å². The number of rotatable bonds is 5. The molecule has 1 aliphatic rings. The van der Waals surface area contributed by atoms with Gasteiger partial charge in [0.15, 0.2) is 20.9 Å². The summed E-state index contributed by atoms with van der Waals surface area (Å²) in [7, 11) is -3.69. The van der Waals surface area contributed by atoms with E-state index in [1.807, 2.05) is 6.92 Å². The molecule has 1 fully saturated rings. The van der Waals surface area contributed by atoms with Crippen molar-refractivity contribution in [2.45, 2.75) is 55.1 Å². The van der Waals surface area contributed by atoms with Gasteiger partial charge in [0.25, 0.3) is 5.24 Å². The zero-order valence-corrected chi connectivity index (χ0v) is 16.1. The maximum atomic E-state index is 12.3. The van der Waals surface area contributed by atoms with Crippen molar-refractivity contribution in [1.29, 1.82) is 0 Å². The molecule has 134 valence electrons. The minimum Gasteiger partial charge on any atom is -0.305 e. The van der Waals surface area contributed by atoms with Crippen LogP contribution in [0.15, 0.2) is 17.0 Å². The Morgan fingerprint density at radius 1 is 1.29 bits per heavy atom. The third-order valence-corrected chi connectivity index (χ3v) is 7.32. The average Bonchev–Trinajstić information content (AvgIpc) is 2.53. The number of carbonyl (C=O) groups is 1. The molecule has 1 aromatic carbocycles. The normalized spacial score (nSPS) is 19.0. The van der Waals surface area contributed by atoms with E-state index in [1.54, 1.807) is 6.07 Å². The van der Waals surface area contributed by atoms with E-state index in [-0.39, 0.29) is 10.5 Å². The molecule has 5 nitrogen and oxygen atoms in total. The van der Waals surface area contributed by atoms with Crippen LogP contribution < -0.4 is 0 Å². The second kappa shape index (κ2) is 7.23. The zero-order chi connectivity index (χ0) is 18.1. The molecule has 8 heteroatoms. The molecule has 1 aliphatic carbocycles. The lowest BCUT2D eigenvalue weighted by atomic mass is 9.81. The molecule has 0 radical (unpaired) electrons. The monoisotopic (exact) mass is 392 g/mol. The number of hydrogen-bond donors (Lipinski definition) is 1. The predicted octanol–water partition coefficient (Wildman–Crippen LogP) is 3.41. The van der Waals surface area contributed by atoms with E-state index in [0.717, 1.165) is 25.5 Å². The van der Waals surface area contributed by atoms with Gasteiger partial charge in [0.1, 0.15) is 0 Å². The van der Waals surface area contributed by atoms with Crippen LogP contribution in [-0.4, -0.2) is 28.7 Å². The highest BCUT2D eigenvalue weighted by Crippen LogP contribution is 2.45. The van der Waals surface area contributed by atoms with E-state index in [0.29, 0.717) is 30.4 Å². The third-order valence-electron chi connectivity index (χ3n) is 4.68. The summed E-state index contributed by atoms with van der Waals surface area (Å²) in [6.07, 6.45) is 4.86. The summed E-state index contributed by atoms with van der Waals surface area (Å²) in [5.74, 6) is 0. The Morgan fingerprint density at radius 2 is 1.88 bits per heavy atom. The Bertz CT molecular complexity index is 780. The lowest BCUT2D eigenvalue weighted by Gasteiger charge is -2.36. The second-order valence-corrected chi connectivity index (χ2v) is 9.82. The second-order valence-electron chi connectivity index (χ2n) is 6.21. The summed E-state index contributed by atoms with van der Waals surface area (Å²) in [6.45, 7) is 1.83. The van der Waals surface area contributed by atoms with Crippen LogP contribution in [0.25, 0.3) is 0 Å². The molecule has 1 saturated carbocycles. The Kier molecular flexibility index (Phi) is 5.90. The quantitative estimate of drug-likeness (QED) is 0.612. The fraction of sp³-hybridized carbons (Fsp3) is 0.562. The van der Waals surface area contributed by atoms with Gasteiger partial charge in [0.05, 0.1) is 9.64 Å². The van der Waals surface area contributed by atoms with Gasteiger partial charge in [0, 0.05) is 11.8 Å². The first-order valence-corrected chi connectivity index (χ1v) is 11.2. The van der Waals surface area contributed by atoms with Crippen molar-refractivity contribution >= 4 is 37.8 Å². The van der Waals surface area contributed by atoms with Crippen molar-refractivity contribution in [3.05, 3.63) is 28.8 Å². The van der Waals surface area contributed by atoms with Crippen molar-refractivity contribution in [2.75, 3.05) is 6.26 Å². The standard InChI is InChI=1S/C16H21ClO5S2/c1-3-11-9-13(16(23(19)20)7-5-4-6-8-16)14(24(2,21)22)10-12(11)15(17)18/h9-10H,3-8H2,1-2H3,(H,19,20). The van der Waals surface area contributed by atoms with Crippen molar-refractivity contribution in [3.8, 4) is 0 Å². The molecule has 0 spiro atoms. The van der Waals surface area contributed by atoms with Gasteiger partial charge >= 0.3 is 0 Å². The van der Waals surface area contributed by atoms with Crippen molar-refractivity contribution in [1.82, 2.24) is 0 Å². The van der Waals surface area contributed by atoms with E-state index >= 15 is 0 Å². The lowest BCUT2D eigenvalue weighted by Crippen LogP contribution is -2.35. The van der Waals surface area contributed by atoms with Crippen LogP contribution in [0.5, 0.6) is 0 Å². The van der Waals surface area contributed by atoms with Gasteiger partial charge in [-0.3, -0.25) is 4.79 Å². The fourth-order valence-electron chi connectivity index (χ4n) is 3.42. The molecule has 0 aliphatic heterocycles. The Hall–Kier alpha value is -0.760. The molecule has 0 amide bonds. The Morgan fingerprint density at radius 3 is 2.29 bits per heavy atom. The van der Waals surface area contributed by atoms with Crippen molar-refractivity contribution in [3.63, 3.8) is 0 Å². The molecule has 24 heavy (non-hydrogen) atoms. The highest BCUT2D eigenvalue weighted by molar-refractivity contribution is 7.90. The lowest BCUT2D eigenvalue weighted by molar-refractivity contribution is 0.108. The number of halogens is 1. The number of carbonyl (C=O) groups excluding carboxylic acids is 1. The molecule has 1 aromatic rings. The molecule has 1 N–H and O–H groups in total. The molecule has 2 rings (SSSR count). The first kappa shape index (κ1) is 19.6. The predicted molar refractivity (Wildman–Crippen MR) is 94.6 cm³/mol. The van der Waals surface area contributed by atoms with Gasteiger partial charge in [0.2, 0.25) is 0 Å². The van der Waals surface area contributed by atoms with Crippen LogP contribution in [0.2, 0.25) is 0 Å². The van der Waals surface area contributed by atoms with Gasteiger partial charge in [-0.1, -0.05) is 32.3 Å². The van der Waals surface area contributed by atoms with E-state index < -0.39 is 30.9 Å². The first-order chi connectivity index (χ1) is 11.1. The molecule has 1 atom stereocenters. The van der Waals surface area contributed by atoms with Gasteiger partial charge in [-0.2, -0.15) is 0 Å². The molecule has 1 unspecified atom stereocenters. The summed E-state index contributed by atoms with van der Waals surface area (Å²) >= 11 is 3.38. The largest absolute Gasteiger partial charge is 0.305 e. The van der Waals surface area contributed by atoms with Crippen molar-refractivity contribution in [2.24, 2.45) is 0 Å². The zero-order valence-electron chi connectivity index (χ0n) is 13.7. The summed E-state index contributed by atoms with van der Waals surface area (Å²) < 4.78 is 45.7. The average molecular weight is 393 g/mol. The molecule has 0 aromatic heterocycles. The summed E-state index contributed by atoms with van der Waals surface area (Å²) in [5, 5.41) is -0.730. The summed E-state index contributed by atoms with van der Waals surface area (Å²) in [4.78, 5) is 11.6. The van der Waals surface area contributed by atoms with Crippen LogP contribution in [0.1, 0.15) is 60.5 Å². The molecule has 0 heterocycles. The Balaban J connectivity index is 2.85. The van der Waals surface area contributed by atoms with Crippen LogP contribution in [0.3, 0.4) is 0 Å². The van der Waals surface area contributed by atoms with Crippen LogP contribution in [0, 0.1) is 0 Å². The topological polar surface area (TPSA) is 88.5 Å². The van der Waals surface area contributed by atoms with E-state index in [9.17, 15) is 22.0 Å². The summed E-state index contributed by atoms with van der Waals surface area (Å²) in [6, 6.07) is 2.85. The van der Waals surface area contributed by atoms with E-state index in [2.05, 4.69) is 0 Å². The molecule has 0 saturated heterocycles. The van der Waals surface area contributed by atoms with Crippen LogP contribution in [-0.2, 0) is 32.1 Å². The number of benzene rings is 1. The van der Waals surface area contributed by atoms with E-state index in [1.165, 1.54) is 6.07 Å². The first-order valence-electron chi connectivity index (χ1n) is 7.81. The molecular formula is C16H21ClO5S2. The number of hydrogen-bond acceptors (Lipinski definition) is 4. The highest BCUT2D eigenvalue weighted by atomic mass is 35.5. The smallest absolute Gasteiger partial charge is 0.252 e. The minimum atomic E-state index is -3.69. The molecule has 0 bridgehead atoms.